The largest absolute Gasteiger partial charge is 1.00 e. The Bertz CT molecular complexity index is 1170. The van der Waals surface area contributed by atoms with Crippen LogP contribution in [0.3, 0.4) is 0 Å². The summed E-state index contributed by atoms with van der Waals surface area (Å²) >= 11 is 1.55. The van der Waals surface area contributed by atoms with Crippen LogP contribution in [-0.2, 0) is 33.0 Å². The molecular formula is C17H19N6NaO5S2. The fraction of sp³-hybridized carbons (Fsp3) is 0.471. The maximum absolute atomic E-state index is 12.8. The second-order valence-corrected chi connectivity index (χ2v) is 11.3. The minimum atomic E-state index is -3.95. The molecule has 4 heterocycles. The molecule has 1 amide bonds. The summed E-state index contributed by atoms with van der Waals surface area (Å²) in [6, 6.07) is -1.53. The van der Waals surface area contributed by atoms with Crippen molar-refractivity contribution < 1.29 is 52.7 Å². The number of hydrogen-bond donors (Lipinski definition) is 0. The molecule has 4 rings (SSSR count). The van der Waals surface area contributed by atoms with E-state index >= 15 is 0 Å². The van der Waals surface area contributed by atoms with E-state index in [1.165, 1.54) is 19.9 Å². The number of aromatic nitrogens is 5. The van der Waals surface area contributed by atoms with Gasteiger partial charge in [0.25, 0.3) is 5.91 Å². The van der Waals surface area contributed by atoms with Gasteiger partial charge in [-0.05, 0) is 19.9 Å². The number of nitrogens with zero attached hydrogens (tertiary/aromatic N) is 6. The number of aliphatic carboxylic acids is 1. The summed E-state index contributed by atoms with van der Waals surface area (Å²) in [7, 11) is -2.05. The third-order valence-electron chi connectivity index (χ3n) is 5.38. The van der Waals surface area contributed by atoms with Crippen LogP contribution in [-0.4, -0.2) is 71.7 Å². The topological polar surface area (TPSA) is 143 Å². The zero-order valence-corrected chi connectivity index (χ0v) is 21.1. The summed E-state index contributed by atoms with van der Waals surface area (Å²) in [6.07, 6.45) is 6.52. The van der Waals surface area contributed by atoms with Crippen LogP contribution in [0.25, 0.3) is 6.08 Å². The molecule has 14 heteroatoms. The molecule has 31 heavy (non-hydrogen) atoms. The van der Waals surface area contributed by atoms with Crippen LogP contribution >= 0.6 is 11.8 Å². The Hall–Kier alpha value is -1.67. The maximum Gasteiger partial charge on any atom is 1.00 e. The van der Waals surface area contributed by atoms with Crippen molar-refractivity contribution in [3.63, 3.8) is 0 Å². The molecule has 2 aliphatic heterocycles. The van der Waals surface area contributed by atoms with E-state index in [2.05, 4.69) is 15.3 Å². The monoisotopic (exact) mass is 474 g/mol. The molecule has 0 N–H and O–H groups in total. The van der Waals surface area contributed by atoms with Crippen LogP contribution in [0.5, 0.6) is 0 Å². The number of amides is 1. The van der Waals surface area contributed by atoms with Crippen LogP contribution in [0.15, 0.2) is 29.3 Å². The number of carboxylic acid groups (broad SMARTS) is 1. The number of rotatable bonds is 6. The summed E-state index contributed by atoms with van der Waals surface area (Å²) in [4.78, 5) is 29.1. The number of fused-ring (bicyclic) bond motifs is 1. The van der Waals surface area contributed by atoms with Gasteiger partial charge in [0.2, 0.25) is 0 Å². The average Bonchev–Trinajstić information content (AvgIpc) is 3.31. The van der Waals surface area contributed by atoms with Crippen LogP contribution < -0.4 is 34.7 Å². The van der Waals surface area contributed by atoms with Crippen LogP contribution in [0.4, 0.5) is 0 Å². The second kappa shape index (κ2) is 8.35. The van der Waals surface area contributed by atoms with E-state index in [4.69, 9.17) is 0 Å². The first-order valence-corrected chi connectivity index (χ1v) is 11.6. The average molecular weight is 475 g/mol. The quantitative estimate of drug-likeness (QED) is 0.176. The summed E-state index contributed by atoms with van der Waals surface area (Å²) in [5, 5.41) is 19.0. The Labute approximate surface area is 205 Å². The van der Waals surface area contributed by atoms with Gasteiger partial charge in [0.1, 0.15) is 5.69 Å². The molecule has 0 spiro atoms. The summed E-state index contributed by atoms with van der Waals surface area (Å²) in [6.45, 7) is 3.12. The molecule has 0 unspecified atom stereocenters. The number of carbonyl (C=O) groups excluding carboxylic acids is 2. The molecule has 0 aliphatic carbocycles. The number of carboxylic acids is 1. The van der Waals surface area contributed by atoms with Gasteiger partial charge in [-0.1, -0.05) is 17.0 Å². The van der Waals surface area contributed by atoms with E-state index in [-0.39, 0.29) is 35.1 Å². The first kappa shape index (κ1) is 24.0. The number of β-lactam (4-membered cyclic amide) rings is 1. The Morgan fingerprint density at radius 1 is 1.39 bits per heavy atom. The Morgan fingerprint density at radius 2 is 2.10 bits per heavy atom. The minimum Gasteiger partial charge on any atom is -0.548 e. The molecule has 0 aromatic carbocycles. The smallest absolute Gasteiger partial charge is 0.548 e. The van der Waals surface area contributed by atoms with Crippen LogP contribution in [0.1, 0.15) is 19.5 Å². The SMILES string of the molecule is Cn1ccnc1SCCn1cc(/C=C2\C(=O)N3[C@@H](C(=O)[O-])C(C)(C)S(=O)(=O)[C@H]23)nn1.[Na+]. The van der Waals surface area contributed by atoms with Crippen molar-refractivity contribution in [1.29, 1.82) is 0 Å². The van der Waals surface area contributed by atoms with Crippen LogP contribution in [0.2, 0.25) is 0 Å². The van der Waals surface area contributed by atoms with Gasteiger partial charge >= 0.3 is 29.6 Å². The molecule has 0 bridgehead atoms. The molecule has 2 aromatic heterocycles. The van der Waals surface area contributed by atoms with Gasteiger partial charge in [0, 0.05) is 25.2 Å². The van der Waals surface area contributed by atoms with Crippen LogP contribution in [0, 0.1) is 0 Å². The number of aryl methyl sites for hydroxylation is 2. The van der Waals surface area contributed by atoms with Gasteiger partial charge in [-0.15, -0.1) is 5.10 Å². The van der Waals surface area contributed by atoms with Crippen molar-refractivity contribution in [2.24, 2.45) is 7.05 Å². The fourth-order valence-corrected chi connectivity index (χ4v) is 6.67. The van der Waals surface area contributed by atoms with Crippen molar-refractivity contribution >= 4 is 39.6 Å². The molecule has 2 atom stereocenters. The third kappa shape index (κ3) is 3.75. The molecule has 2 aromatic rings. The standard InChI is InChI=1S/C17H20N6O5S2.Na/c1-17(2)12(15(25)26)23-13(24)11(14(23)30(17,27)28)8-10-9-22(20-19-10)6-7-29-16-18-4-5-21(16)3;/h4-5,8-9,12,14H,6-7H2,1-3H3,(H,25,26);/q;+1/p-1/b11-8+;/t12-,14+;/m0./s1. The van der Waals surface area contributed by atoms with E-state index in [9.17, 15) is 23.1 Å². The number of hydrogen-bond acceptors (Lipinski definition) is 9. The summed E-state index contributed by atoms with van der Waals surface area (Å²) in [5.41, 5.74) is 0.311. The molecule has 0 radical (unpaired) electrons. The molecule has 2 fully saturated rings. The predicted molar refractivity (Wildman–Crippen MR) is 104 cm³/mol. The zero-order valence-electron chi connectivity index (χ0n) is 17.4. The number of sulfone groups is 1. The second-order valence-electron chi connectivity index (χ2n) is 7.61. The Morgan fingerprint density at radius 3 is 2.71 bits per heavy atom. The Kier molecular flexibility index (Phi) is 6.46. The summed E-state index contributed by atoms with van der Waals surface area (Å²) in [5.74, 6) is -1.55. The number of thioether (sulfide) groups is 1. The van der Waals surface area contributed by atoms with E-state index < -0.39 is 37.9 Å². The van der Waals surface area contributed by atoms with Crippen molar-refractivity contribution in [3.8, 4) is 0 Å². The fourth-order valence-electron chi connectivity index (χ4n) is 3.69. The first-order chi connectivity index (χ1) is 14.1. The van der Waals surface area contributed by atoms with Crippen molar-refractivity contribution in [2.75, 3.05) is 5.75 Å². The van der Waals surface area contributed by atoms with Gasteiger partial charge in [-0.2, -0.15) is 0 Å². The number of carbonyl (C=O) groups is 2. The van der Waals surface area contributed by atoms with Gasteiger partial charge in [0.15, 0.2) is 20.4 Å². The first-order valence-electron chi connectivity index (χ1n) is 9.04. The Balaban J connectivity index is 0.00000272. The zero-order chi connectivity index (χ0) is 21.8. The third-order valence-corrected chi connectivity index (χ3v) is 9.17. The predicted octanol–water partition coefficient (Wildman–Crippen LogP) is -4.31. The van der Waals surface area contributed by atoms with Gasteiger partial charge in [0.05, 0.1) is 35.1 Å². The minimum absolute atomic E-state index is 0. The summed E-state index contributed by atoms with van der Waals surface area (Å²) < 4.78 is 27.5. The number of imidazole rings is 1. The van der Waals surface area contributed by atoms with Crippen molar-refractivity contribution in [3.05, 3.63) is 29.9 Å². The molecule has 2 saturated heterocycles. The molecule has 2 aliphatic rings. The molecule has 160 valence electrons. The molecule has 0 saturated carbocycles. The van der Waals surface area contributed by atoms with Gasteiger partial charge in [-0.3, -0.25) is 9.48 Å². The van der Waals surface area contributed by atoms with E-state index in [0.717, 1.165) is 10.1 Å². The van der Waals surface area contributed by atoms with Crippen molar-refractivity contribution in [1.82, 2.24) is 29.4 Å². The molecule has 11 nitrogen and oxygen atoms in total. The van der Waals surface area contributed by atoms with Gasteiger partial charge < -0.3 is 19.4 Å². The van der Waals surface area contributed by atoms with E-state index in [0.29, 0.717) is 18.0 Å². The van der Waals surface area contributed by atoms with E-state index in [1.807, 2.05) is 17.8 Å². The normalized spacial score (nSPS) is 24.5. The van der Waals surface area contributed by atoms with Gasteiger partial charge in [-0.25, -0.2) is 13.4 Å². The molecular weight excluding hydrogens is 455 g/mol. The van der Waals surface area contributed by atoms with Crippen molar-refractivity contribution in [2.45, 2.75) is 41.7 Å². The van der Waals surface area contributed by atoms with E-state index in [1.54, 1.807) is 28.8 Å². The maximum atomic E-state index is 12.8.